The zero-order chi connectivity index (χ0) is 17.5. The predicted octanol–water partition coefficient (Wildman–Crippen LogP) is 4.02. The number of benzene rings is 2. The second kappa shape index (κ2) is 8.76. The fourth-order valence-electron chi connectivity index (χ4n) is 2.31. The number of hydrogen-bond donors (Lipinski definition) is 1. The third-order valence-corrected chi connectivity index (χ3v) is 3.93. The van der Waals surface area contributed by atoms with Gasteiger partial charge in [-0.15, -0.1) is 0 Å². The van der Waals surface area contributed by atoms with E-state index >= 15 is 0 Å². The Balaban J connectivity index is 2.10. The van der Waals surface area contributed by atoms with E-state index in [0.29, 0.717) is 12.1 Å². The van der Waals surface area contributed by atoms with E-state index in [1.54, 1.807) is 12.1 Å². The van der Waals surface area contributed by atoms with E-state index < -0.39 is 0 Å². The number of carbonyl (C=O) groups is 1. The van der Waals surface area contributed by atoms with E-state index in [1.165, 1.54) is 18.2 Å². The molecule has 0 unspecified atom stereocenters. The van der Waals surface area contributed by atoms with Gasteiger partial charge in [0.1, 0.15) is 5.82 Å². The summed E-state index contributed by atoms with van der Waals surface area (Å²) in [4.78, 5) is 14.2. The molecule has 0 aliphatic rings. The molecule has 24 heavy (non-hydrogen) atoms. The quantitative estimate of drug-likeness (QED) is 0.755. The highest BCUT2D eigenvalue weighted by Crippen LogP contribution is 2.17. The maximum atomic E-state index is 13.7. The van der Waals surface area contributed by atoms with Gasteiger partial charge >= 0.3 is 0 Å². The molecule has 1 atom stereocenters. The molecular weight excluding hydrogens is 371 g/mol. The second-order valence-electron chi connectivity index (χ2n) is 5.73. The summed E-state index contributed by atoms with van der Waals surface area (Å²) in [6.07, 6.45) is 2.84. The molecule has 2 aromatic carbocycles. The van der Waals surface area contributed by atoms with Crippen LogP contribution in [0.4, 0.5) is 4.39 Å². The minimum absolute atomic E-state index is 0.134. The largest absolute Gasteiger partial charge is 0.344 e. The van der Waals surface area contributed by atoms with Crippen LogP contribution in [0.25, 0.3) is 6.08 Å². The third kappa shape index (κ3) is 5.58. The van der Waals surface area contributed by atoms with Crippen molar-refractivity contribution in [3.8, 4) is 0 Å². The van der Waals surface area contributed by atoms with E-state index in [0.717, 1.165) is 10.0 Å². The van der Waals surface area contributed by atoms with Gasteiger partial charge in [0.2, 0.25) is 5.91 Å². The molecule has 0 bridgehead atoms. The monoisotopic (exact) mass is 390 g/mol. The predicted molar refractivity (Wildman–Crippen MR) is 99.0 cm³/mol. The minimum Gasteiger partial charge on any atom is -0.344 e. The number of nitrogens with one attached hydrogen (secondary N) is 1. The lowest BCUT2D eigenvalue weighted by atomic mass is 10.1. The Morgan fingerprint density at radius 1 is 1.25 bits per heavy atom. The van der Waals surface area contributed by atoms with Crippen molar-refractivity contribution in [1.29, 1.82) is 0 Å². The smallest absolute Gasteiger partial charge is 0.244 e. The fraction of sp³-hybridized carbons (Fsp3) is 0.211. The molecule has 5 heteroatoms. The van der Waals surface area contributed by atoms with Crippen LogP contribution in [0.5, 0.6) is 0 Å². The van der Waals surface area contributed by atoms with Gasteiger partial charge in [-0.3, -0.25) is 4.79 Å². The summed E-state index contributed by atoms with van der Waals surface area (Å²) in [6, 6.07) is 14.3. The highest BCUT2D eigenvalue weighted by Gasteiger charge is 2.14. The Kier molecular flexibility index (Phi) is 6.70. The third-order valence-electron chi connectivity index (χ3n) is 3.44. The summed E-state index contributed by atoms with van der Waals surface area (Å²) in [6.45, 7) is 0.675. The number of carbonyl (C=O) groups excluding carboxylic acids is 1. The molecule has 2 rings (SSSR count). The topological polar surface area (TPSA) is 32.3 Å². The molecule has 0 aromatic heterocycles. The van der Waals surface area contributed by atoms with Gasteiger partial charge < -0.3 is 10.2 Å². The number of rotatable bonds is 6. The Morgan fingerprint density at radius 3 is 2.62 bits per heavy atom. The van der Waals surface area contributed by atoms with Gasteiger partial charge in [-0.2, -0.15) is 0 Å². The van der Waals surface area contributed by atoms with Crippen LogP contribution >= 0.6 is 15.9 Å². The number of amides is 1. The molecule has 126 valence electrons. The van der Waals surface area contributed by atoms with Crippen molar-refractivity contribution in [2.75, 3.05) is 20.6 Å². The highest BCUT2D eigenvalue weighted by molar-refractivity contribution is 9.10. The lowest BCUT2D eigenvalue weighted by molar-refractivity contribution is -0.117. The summed E-state index contributed by atoms with van der Waals surface area (Å²) in [5.74, 6) is -0.625. The van der Waals surface area contributed by atoms with Crippen LogP contribution in [0.2, 0.25) is 0 Å². The molecule has 0 radical (unpaired) electrons. The van der Waals surface area contributed by atoms with Crippen molar-refractivity contribution in [3.63, 3.8) is 0 Å². The first-order valence-electron chi connectivity index (χ1n) is 7.59. The maximum absolute atomic E-state index is 13.7. The van der Waals surface area contributed by atoms with Crippen LogP contribution in [0.15, 0.2) is 59.1 Å². The van der Waals surface area contributed by atoms with Crippen LogP contribution in [-0.4, -0.2) is 31.4 Å². The van der Waals surface area contributed by atoms with Crippen LogP contribution in [0.1, 0.15) is 17.2 Å². The Morgan fingerprint density at radius 2 is 1.96 bits per heavy atom. The van der Waals surface area contributed by atoms with E-state index in [-0.39, 0.29) is 17.8 Å². The average Bonchev–Trinajstić information content (AvgIpc) is 2.55. The zero-order valence-corrected chi connectivity index (χ0v) is 15.3. The van der Waals surface area contributed by atoms with Crippen LogP contribution in [-0.2, 0) is 4.79 Å². The molecule has 2 aromatic rings. The number of hydrogen-bond acceptors (Lipinski definition) is 2. The number of nitrogens with zero attached hydrogens (tertiary/aromatic N) is 1. The lowest BCUT2D eigenvalue weighted by Crippen LogP contribution is -2.34. The maximum Gasteiger partial charge on any atom is 0.244 e. The molecule has 0 saturated heterocycles. The first-order valence-corrected chi connectivity index (χ1v) is 8.38. The Bertz CT molecular complexity index is 717. The molecule has 1 amide bonds. The normalized spacial score (nSPS) is 12.5. The SMILES string of the molecule is CN(C)C[C@H](NC(=O)/C=C/c1cc(Br)ccc1F)c1ccccc1. The molecule has 0 aliphatic heterocycles. The van der Waals surface area contributed by atoms with Crippen molar-refractivity contribution in [1.82, 2.24) is 10.2 Å². The molecule has 3 nitrogen and oxygen atoms in total. The van der Waals surface area contributed by atoms with Crippen LogP contribution < -0.4 is 5.32 Å². The van der Waals surface area contributed by atoms with Crippen molar-refractivity contribution >= 4 is 27.9 Å². The van der Waals surface area contributed by atoms with Crippen LogP contribution in [0.3, 0.4) is 0 Å². The van der Waals surface area contributed by atoms with Crippen molar-refractivity contribution < 1.29 is 9.18 Å². The molecule has 0 spiro atoms. The van der Waals surface area contributed by atoms with Gasteiger partial charge in [-0.05, 0) is 43.9 Å². The molecule has 1 N–H and O–H groups in total. The first kappa shape index (κ1) is 18.4. The molecule has 0 fully saturated rings. The van der Waals surface area contributed by atoms with E-state index in [4.69, 9.17) is 0 Å². The van der Waals surface area contributed by atoms with Crippen LogP contribution in [0, 0.1) is 5.82 Å². The number of halogens is 2. The summed E-state index contributed by atoms with van der Waals surface area (Å²) >= 11 is 3.29. The summed E-state index contributed by atoms with van der Waals surface area (Å²) < 4.78 is 14.5. The fourth-order valence-corrected chi connectivity index (χ4v) is 2.69. The lowest BCUT2D eigenvalue weighted by Gasteiger charge is -2.22. The van der Waals surface area contributed by atoms with Gasteiger partial charge in [0.05, 0.1) is 6.04 Å². The van der Waals surface area contributed by atoms with Crippen molar-refractivity contribution in [3.05, 3.63) is 76.0 Å². The molecule has 0 saturated carbocycles. The minimum atomic E-state index is -0.366. The van der Waals surface area contributed by atoms with E-state index in [1.807, 2.05) is 49.3 Å². The second-order valence-corrected chi connectivity index (χ2v) is 6.65. The van der Waals surface area contributed by atoms with Gasteiger partial charge in [0, 0.05) is 22.7 Å². The van der Waals surface area contributed by atoms with Gasteiger partial charge in [0.25, 0.3) is 0 Å². The number of likely N-dealkylation sites (N-methyl/N-ethyl adjacent to an activating group) is 1. The zero-order valence-electron chi connectivity index (χ0n) is 13.7. The Hall–Kier alpha value is -1.98. The Labute approximate surface area is 150 Å². The summed E-state index contributed by atoms with van der Waals surface area (Å²) in [5.41, 5.74) is 1.39. The molecule has 0 heterocycles. The highest BCUT2D eigenvalue weighted by atomic mass is 79.9. The average molecular weight is 391 g/mol. The molecular formula is C19H20BrFN2O. The van der Waals surface area contributed by atoms with E-state index in [2.05, 4.69) is 21.2 Å². The van der Waals surface area contributed by atoms with Gasteiger partial charge in [0.15, 0.2) is 0 Å². The summed E-state index contributed by atoms with van der Waals surface area (Å²) in [7, 11) is 3.91. The van der Waals surface area contributed by atoms with Crippen molar-refractivity contribution in [2.24, 2.45) is 0 Å². The summed E-state index contributed by atoms with van der Waals surface area (Å²) in [5, 5.41) is 2.97. The first-order chi connectivity index (χ1) is 11.5. The van der Waals surface area contributed by atoms with E-state index in [9.17, 15) is 9.18 Å². The molecule has 0 aliphatic carbocycles. The van der Waals surface area contributed by atoms with Gasteiger partial charge in [-0.1, -0.05) is 46.3 Å². The van der Waals surface area contributed by atoms with Crippen molar-refractivity contribution in [2.45, 2.75) is 6.04 Å². The standard InChI is InChI=1S/C19H20BrFN2O/c1-23(2)13-18(14-6-4-3-5-7-14)22-19(24)11-8-15-12-16(20)9-10-17(15)21/h3-12,18H,13H2,1-2H3,(H,22,24)/b11-8+/t18-/m0/s1. The van der Waals surface area contributed by atoms with Gasteiger partial charge in [-0.25, -0.2) is 4.39 Å².